The van der Waals surface area contributed by atoms with Crippen molar-refractivity contribution in [2.45, 2.75) is 0 Å². The van der Waals surface area contributed by atoms with E-state index in [0.717, 1.165) is 19.6 Å². The van der Waals surface area contributed by atoms with Crippen LogP contribution in [0.4, 0.5) is 0 Å². The molecular weight excluding hydrogens is 282 g/mol. The van der Waals surface area contributed by atoms with E-state index in [9.17, 15) is 4.79 Å². The van der Waals surface area contributed by atoms with Gasteiger partial charge in [-0.2, -0.15) is 0 Å². The van der Waals surface area contributed by atoms with E-state index >= 15 is 0 Å². The van der Waals surface area contributed by atoms with Crippen molar-refractivity contribution in [3.63, 3.8) is 0 Å². The summed E-state index contributed by atoms with van der Waals surface area (Å²) < 4.78 is 27.7. The molecule has 3 aliphatic heterocycles. The van der Waals surface area contributed by atoms with Gasteiger partial charge in [-0.1, -0.05) is 0 Å². The number of carbonyl (C=O) groups excluding carboxylic acids is 1. The Balaban J connectivity index is 1.88. The van der Waals surface area contributed by atoms with E-state index in [4.69, 9.17) is 17.7 Å². The normalized spacial score (nSPS) is 30.4. The highest BCUT2D eigenvalue weighted by atomic mass is 28.4. The highest BCUT2D eigenvalue weighted by Gasteiger charge is 2.50. The maximum absolute atomic E-state index is 11.5. The van der Waals surface area contributed by atoms with E-state index in [-0.39, 0.29) is 0 Å². The summed E-state index contributed by atoms with van der Waals surface area (Å²) in [6.07, 6.45) is 1.35. The van der Waals surface area contributed by atoms with Gasteiger partial charge in [0.25, 0.3) is 0 Å². The predicted octanol–water partition coefficient (Wildman–Crippen LogP) is -0.409. The molecular formula is C12H17NO6Si. The van der Waals surface area contributed by atoms with Crippen LogP contribution in [0.15, 0.2) is 16.7 Å². The summed E-state index contributed by atoms with van der Waals surface area (Å²) >= 11 is 0. The Labute approximate surface area is 117 Å². The molecule has 0 aromatic carbocycles. The maximum Gasteiger partial charge on any atom is 0.574 e. The first-order valence-corrected chi connectivity index (χ1v) is 8.27. The lowest BCUT2D eigenvalue weighted by Gasteiger charge is -2.36. The van der Waals surface area contributed by atoms with Gasteiger partial charge in [0, 0.05) is 19.6 Å². The Hall–Kier alpha value is -1.19. The third kappa shape index (κ3) is 2.52. The van der Waals surface area contributed by atoms with E-state index in [1.165, 1.54) is 13.4 Å². The van der Waals surface area contributed by atoms with Crippen LogP contribution in [0.1, 0.15) is 10.4 Å². The average Bonchev–Trinajstić information content (AvgIpc) is 2.86. The number of ether oxygens (including phenoxy) is 1. The molecule has 0 unspecified atom stereocenters. The van der Waals surface area contributed by atoms with Gasteiger partial charge in [0.2, 0.25) is 0 Å². The number of methoxy groups -OCH3 is 1. The first kappa shape index (κ1) is 13.8. The smallest absolute Gasteiger partial charge is 0.465 e. The minimum absolute atomic E-state index is 0.339. The zero-order chi connectivity index (χ0) is 14.0. The molecule has 8 heteroatoms. The Morgan fingerprint density at radius 3 is 2.35 bits per heavy atom. The number of fused-ring (bicyclic) bond motifs is 6. The first-order valence-electron chi connectivity index (χ1n) is 6.55. The van der Waals surface area contributed by atoms with Crippen LogP contribution in [0, 0.1) is 0 Å². The van der Waals surface area contributed by atoms with Crippen LogP contribution in [0.3, 0.4) is 0 Å². The second-order valence-electron chi connectivity index (χ2n) is 4.63. The van der Waals surface area contributed by atoms with Crippen LogP contribution in [0.5, 0.6) is 0 Å². The van der Waals surface area contributed by atoms with Crippen LogP contribution in [0.25, 0.3) is 0 Å². The number of furan rings is 1. The lowest BCUT2D eigenvalue weighted by molar-refractivity contribution is -0.00124. The average molecular weight is 299 g/mol. The van der Waals surface area contributed by atoms with Crippen molar-refractivity contribution in [3.8, 4) is 0 Å². The van der Waals surface area contributed by atoms with E-state index < -0.39 is 14.8 Å². The number of nitrogens with zero attached hydrogens (tertiary/aromatic N) is 1. The summed E-state index contributed by atoms with van der Waals surface area (Å²) in [7, 11) is -1.71. The van der Waals surface area contributed by atoms with Crippen LogP contribution in [-0.2, 0) is 18.0 Å². The van der Waals surface area contributed by atoms with Gasteiger partial charge in [0.05, 0.1) is 32.5 Å². The zero-order valence-corrected chi connectivity index (χ0v) is 12.3. The minimum Gasteiger partial charge on any atom is -0.465 e. The molecule has 0 radical (unpaired) electrons. The molecule has 0 amide bonds. The van der Waals surface area contributed by atoms with E-state index in [0.29, 0.717) is 30.8 Å². The van der Waals surface area contributed by atoms with Crippen LogP contribution >= 0.6 is 0 Å². The van der Waals surface area contributed by atoms with Gasteiger partial charge < -0.3 is 22.4 Å². The number of hydrogen-bond donors (Lipinski definition) is 0. The quantitative estimate of drug-likeness (QED) is 0.543. The summed E-state index contributed by atoms with van der Waals surface area (Å²) in [4.78, 5) is 13.7. The van der Waals surface area contributed by atoms with Crippen molar-refractivity contribution in [3.05, 3.63) is 17.9 Å². The Bertz CT molecular complexity index is 464. The molecule has 1 aromatic rings. The molecule has 0 N–H and O–H groups in total. The summed E-state index contributed by atoms with van der Waals surface area (Å²) in [6, 6.07) is 1.60. The monoisotopic (exact) mass is 299 g/mol. The van der Waals surface area contributed by atoms with Gasteiger partial charge in [0.15, 0.2) is 5.38 Å². The van der Waals surface area contributed by atoms with Crippen LogP contribution in [0.2, 0.25) is 0 Å². The van der Waals surface area contributed by atoms with Gasteiger partial charge in [-0.05, 0) is 6.07 Å². The van der Waals surface area contributed by atoms with Crippen molar-refractivity contribution < 1.29 is 27.2 Å². The lowest BCUT2D eigenvalue weighted by Crippen LogP contribution is -2.61. The zero-order valence-electron chi connectivity index (χ0n) is 11.3. The van der Waals surface area contributed by atoms with Crippen molar-refractivity contribution >= 4 is 20.2 Å². The number of hydrogen-bond acceptors (Lipinski definition) is 7. The third-order valence-electron chi connectivity index (χ3n) is 3.42. The second kappa shape index (κ2) is 5.66. The Morgan fingerprint density at radius 2 is 1.80 bits per heavy atom. The fourth-order valence-electron chi connectivity index (χ4n) is 2.32. The Kier molecular flexibility index (Phi) is 3.90. The van der Waals surface area contributed by atoms with Crippen LogP contribution < -0.4 is 5.38 Å². The minimum atomic E-state index is -3.04. The molecule has 3 fully saturated rings. The molecule has 4 rings (SSSR count). The lowest BCUT2D eigenvalue weighted by atomic mass is 10.3. The third-order valence-corrected chi connectivity index (χ3v) is 6.04. The summed E-state index contributed by atoms with van der Waals surface area (Å²) in [6.45, 7) is 4.14. The fourth-order valence-corrected chi connectivity index (χ4v) is 4.62. The van der Waals surface area contributed by atoms with Gasteiger partial charge in [0.1, 0.15) is 6.26 Å². The van der Waals surface area contributed by atoms with Gasteiger partial charge in [-0.25, -0.2) is 4.79 Å². The molecule has 2 bridgehead atoms. The molecule has 7 nitrogen and oxygen atoms in total. The first-order chi connectivity index (χ1) is 9.73. The van der Waals surface area contributed by atoms with Gasteiger partial charge >= 0.3 is 14.8 Å². The predicted molar refractivity (Wildman–Crippen MR) is 69.7 cm³/mol. The molecule has 0 aliphatic carbocycles. The molecule has 20 heavy (non-hydrogen) atoms. The van der Waals surface area contributed by atoms with E-state index in [2.05, 4.69) is 9.64 Å². The van der Waals surface area contributed by atoms with Crippen molar-refractivity contribution in [2.24, 2.45) is 0 Å². The fraction of sp³-hybridized carbons (Fsp3) is 0.583. The standard InChI is InChI=1S/C12H17NO6Si/c1-15-12(14)10-8-11(16-9-10)20-17-5-2-13(3-6-18-20)4-7-19-20/h8-9H,2-7H2,1H3. The molecule has 0 spiro atoms. The highest BCUT2D eigenvalue weighted by molar-refractivity contribution is 6.74. The topological polar surface area (TPSA) is 70.4 Å². The summed E-state index contributed by atoms with van der Waals surface area (Å²) in [5.41, 5.74) is 0.339. The largest absolute Gasteiger partial charge is 0.574 e. The molecule has 4 heterocycles. The van der Waals surface area contributed by atoms with E-state index in [1.807, 2.05) is 0 Å². The SMILES string of the molecule is COC(=O)c1coc([Si]23OCCN(CCO2)CCO3)c1. The summed E-state index contributed by atoms with van der Waals surface area (Å²) in [5, 5.41) is 0.466. The molecule has 110 valence electrons. The molecule has 1 aromatic heterocycles. The molecule has 3 aliphatic rings. The summed E-state index contributed by atoms with van der Waals surface area (Å²) in [5.74, 6) is -0.451. The number of esters is 1. The molecule has 0 saturated carbocycles. The van der Waals surface area contributed by atoms with Crippen LogP contribution in [-0.4, -0.2) is 66.2 Å². The molecule has 3 saturated heterocycles. The van der Waals surface area contributed by atoms with Crippen molar-refractivity contribution in [1.82, 2.24) is 4.90 Å². The highest BCUT2D eigenvalue weighted by Crippen LogP contribution is 2.17. The second-order valence-corrected chi connectivity index (χ2v) is 7.11. The number of carbonyl (C=O) groups is 1. The van der Waals surface area contributed by atoms with E-state index in [1.54, 1.807) is 6.07 Å². The number of rotatable bonds is 2. The molecule has 0 atom stereocenters. The van der Waals surface area contributed by atoms with Crippen molar-refractivity contribution in [1.29, 1.82) is 0 Å². The Morgan fingerprint density at radius 1 is 1.20 bits per heavy atom. The maximum atomic E-state index is 11.5. The van der Waals surface area contributed by atoms with Gasteiger partial charge in [-0.3, -0.25) is 4.90 Å². The van der Waals surface area contributed by atoms with Gasteiger partial charge in [-0.15, -0.1) is 0 Å². The van der Waals surface area contributed by atoms with Crippen molar-refractivity contribution in [2.75, 3.05) is 46.6 Å².